The van der Waals surface area contributed by atoms with Crippen LogP contribution in [0.2, 0.25) is 0 Å². The average Bonchev–Trinajstić information content (AvgIpc) is 2.85. The van der Waals surface area contributed by atoms with Crippen LogP contribution in [0, 0.1) is 0 Å². The molecule has 1 N–H and O–H groups in total. The van der Waals surface area contributed by atoms with Crippen molar-refractivity contribution in [2.45, 2.75) is 11.4 Å². The van der Waals surface area contributed by atoms with Crippen LogP contribution in [0.25, 0.3) is 0 Å². The number of rotatable bonds is 5. The van der Waals surface area contributed by atoms with E-state index in [1.807, 2.05) is 35.7 Å². The highest BCUT2D eigenvalue weighted by atomic mass is 32.1. The number of hydrogen-bond donors (Lipinski definition) is 2. The first-order valence-electron chi connectivity index (χ1n) is 5.92. The summed E-state index contributed by atoms with van der Waals surface area (Å²) in [6.45, 7) is 0.783. The molecule has 100 valence electrons. The van der Waals surface area contributed by atoms with E-state index in [-0.39, 0.29) is 12.5 Å². The normalized spacial score (nSPS) is 10.4. The van der Waals surface area contributed by atoms with Crippen LogP contribution in [-0.2, 0) is 6.54 Å². The Hall–Kier alpha value is -1.30. The number of aliphatic hydroxyl groups excluding tert-OH is 1. The minimum atomic E-state index is -0.0665. The van der Waals surface area contributed by atoms with Crippen molar-refractivity contribution in [3.05, 3.63) is 52.2 Å². The lowest BCUT2D eigenvalue weighted by atomic mass is 10.2. The predicted molar refractivity (Wildman–Crippen MR) is 79.8 cm³/mol. The number of carbonyl (C=O) groups excluding carboxylic acids is 1. The molecule has 5 heteroatoms. The molecule has 0 saturated heterocycles. The molecule has 3 nitrogen and oxygen atoms in total. The van der Waals surface area contributed by atoms with Crippen LogP contribution in [0.5, 0.6) is 0 Å². The molecule has 0 unspecified atom stereocenters. The highest BCUT2D eigenvalue weighted by Gasteiger charge is 2.17. The van der Waals surface area contributed by atoms with Crippen LogP contribution < -0.4 is 0 Å². The standard InChI is InChI=1S/C14H15NO2S2/c16-7-6-15(9-11-4-2-1-3-5-11)14(17)13-8-12(18)10-19-13/h1-5,8,10,16,18H,6-7,9H2. The fraction of sp³-hybridized carbons (Fsp3) is 0.214. The maximum atomic E-state index is 12.3. The number of amides is 1. The number of benzene rings is 1. The average molecular weight is 293 g/mol. The van der Waals surface area contributed by atoms with Crippen molar-refractivity contribution in [3.8, 4) is 0 Å². The summed E-state index contributed by atoms with van der Waals surface area (Å²) >= 11 is 5.58. The molecular formula is C14H15NO2S2. The van der Waals surface area contributed by atoms with Gasteiger partial charge < -0.3 is 10.0 Å². The van der Waals surface area contributed by atoms with E-state index in [9.17, 15) is 4.79 Å². The fourth-order valence-electron chi connectivity index (χ4n) is 1.77. The zero-order valence-electron chi connectivity index (χ0n) is 10.3. The highest BCUT2D eigenvalue weighted by Crippen LogP contribution is 2.20. The first-order valence-corrected chi connectivity index (χ1v) is 7.25. The Morgan fingerprint density at radius 3 is 2.63 bits per heavy atom. The van der Waals surface area contributed by atoms with E-state index in [0.29, 0.717) is 18.0 Å². The van der Waals surface area contributed by atoms with Gasteiger partial charge in [0.2, 0.25) is 0 Å². The van der Waals surface area contributed by atoms with Gasteiger partial charge in [0.25, 0.3) is 5.91 Å². The minimum Gasteiger partial charge on any atom is -0.395 e. The first-order chi connectivity index (χ1) is 9.20. The van der Waals surface area contributed by atoms with E-state index in [1.165, 1.54) is 11.3 Å². The quantitative estimate of drug-likeness (QED) is 0.832. The first kappa shape index (κ1) is 14.1. The Kier molecular flexibility index (Phi) is 5.01. The van der Waals surface area contributed by atoms with Gasteiger partial charge in [-0.05, 0) is 11.6 Å². The molecule has 2 rings (SSSR count). The van der Waals surface area contributed by atoms with Crippen molar-refractivity contribution in [1.29, 1.82) is 0 Å². The van der Waals surface area contributed by atoms with Gasteiger partial charge in [-0.3, -0.25) is 4.79 Å². The van der Waals surface area contributed by atoms with Crippen molar-refractivity contribution in [2.75, 3.05) is 13.2 Å². The smallest absolute Gasteiger partial charge is 0.264 e. The summed E-state index contributed by atoms with van der Waals surface area (Å²) in [5.41, 5.74) is 1.05. The Morgan fingerprint density at radius 1 is 1.32 bits per heavy atom. The van der Waals surface area contributed by atoms with E-state index in [2.05, 4.69) is 12.6 Å². The molecule has 0 radical (unpaired) electrons. The zero-order chi connectivity index (χ0) is 13.7. The second kappa shape index (κ2) is 6.75. The van der Waals surface area contributed by atoms with Crippen molar-refractivity contribution in [2.24, 2.45) is 0 Å². The third-order valence-electron chi connectivity index (χ3n) is 2.67. The van der Waals surface area contributed by atoms with Crippen LogP contribution in [0.3, 0.4) is 0 Å². The lowest BCUT2D eigenvalue weighted by Crippen LogP contribution is -2.32. The molecule has 1 heterocycles. The molecule has 2 aromatic rings. The van der Waals surface area contributed by atoms with Crippen molar-refractivity contribution in [1.82, 2.24) is 4.90 Å². The SMILES string of the molecule is O=C(c1cc(S)cs1)N(CCO)Cc1ccccc1. The molecular weight excluding hydrogens is 278 g/mol. The van der Waals surface area contributed by atoms with Crippen LogP contribution in [0.1, 0.15) is 15.2 Å². The molecule has 0 spiro atoms. The van der Waals surface area contributed by atoms with Crippen LogP contribution in [0.4, 0.5) is 0 Å². The van der Waals surface area contributed by atoms with Gasteiger partial charge in [0.15, 0.2) is 0 Å². The molecule has 0 bridgehead atoms. The summed E-state index contributed by atoms with van der Waals surface area (Å²) < 4.78 is 0. The molecule has 0 aliphatic carbocycles. The van der Waals surface area contributed by atoms with E-state index in [0.717, 1.165) is 10.5 Å². The molecule has 1 aromatic heterocycles. The van der Waals surface area contributed by atoms with Crippen molar-refractivity contribution < 1.29 is 9.90 Å². The summed E-state index contributed by atoms with van der Waals surface area (Å²) in [6.07, 6.45) is 0. The third-order valence-corrected chi connectivity index (χ3v) is 4.02. The predicted octanol–water partition coefficient (Wildman–Crippen LogP) is 2.67. The van der Waals surface area contributed by atoms with Gasteiger partial charge in [-0.25, -0.2) is 0 Å². The largest absolute Gasteiger partial charge is 0.395 e. The van der Waals surface area contributed by atoms with Gasteiger partial charge in [-0.2, -0.15) is 0 Å². The number of carbonyl (C=O) groups is 1. The fourth-order valence-corrected chi connectivity index (χ4v) is 2.89. The van der Waals surface area contributed by atoms with Crippen LogP contribution in [0.15, 0.2) is 46.7 Å². The van der Waals surface area contributed by atoms with E-state index in [1.54, 1.807) is 11.0 Å². The highest BCUT2D eigenvalue weighted by molar-refractivity contribution is 7.80. The number of thiol groups is 1. The summed E-state index contributed by atoms with van der Waals surface area (Å²) in [6, 6.07) is 11.5. The lowest BCUT2D eigenvalue weighted by molar-refractivity contribution is 0.0712. The zero-order valence-corrected chi connectivity index (χ0v) is 12.0. The third kappa shape index (κ3) is 3.83. The number of aliphatic hydroxyl groups is 1. The Labute approximate surface area is 121 Å². The lowest BCUT2D eigenvalue weighted by Gasteiger charge is -2.21. The Balaban J connectivity index is 2.13. The summed E-state index contributed by atoms with van der Waals surface area (Å²) in [7, 11) is 0. The van der Waals surface area contributed by atoms with E-state index < -0.39 is 0 Å². The maximum Gasteiger partial charge on any atom is 0.264 e. The van der Waals surface area contributed by atoms with Crippen LogP contribution in [-0.4, -0.2) is 29.1 Å². The molecule has 0 fully saturated rings. The summed E-state index contributed by atoms with van der Waals surface area (Å²) in [4.78, 5) is 15.4. The molecule has 0 saturated carbocycles. The van der Waals surface area contributed by atoms with E-state index in [4.69, 9.17) is 5.11 Å². The molecule has 19 heavy (non-hydrogen) atoms. The van der Waals surface area contributed by atoms with Crippen molar-refractivity contribution >= 4 is 29.9 Å². The van der Waals surface area contributed by atoms with Crippen LogP contribution >= 0.6 is 24.0 Å². The Morgan fingerprint density at radius 2 is 2.05 bits per heavy atom. The van der Waals surface area contributed by atoms with E-state index >= 15 is 0 Å². The number of hydrogen-bond acceptors (Lipinski definition) is 4. The van der Waals surface area contributed by atoms with Gasteiger partial charge in [0.1, 0.15) is 0 Å². The molecule has 0 atom stereocenters. The molecule has 1 aromatic carbocycles. The van der Waals surface area contributed by atoms with Crippen molar-refractivity contribution in [3.63, 3.8) is 0 Å². The number of nitrogens with zero attached hydrogens (tertiary/aromatic N) is 1. The molecule has 0 aliphatic heterocycles. The maximum absolute atomic E-state index is 12.3. The Bertz CT molecular complexity index is 539. The monoisotopic (exact) mass is 293 g/mol. The number of thiophene rings is 1. The second-order valence-corrected chi connectivity index (χ2v) is 5.53. The van der Waals surface area contributed by atoms with Gasteiger partial charge in [-0.1, -0.05) is 30.3 Å². The van der Waals surface area contributed by atoms with Gasteiger partial charge in [0.05, 0.1) is 11.5 Å². The van der Waals surface area contributed by atoms with Gasteiger partial charge >= 0.3 is 0 Å². The molecule has 0 aliphatic rings. The summed E-state index contributed by atoms with van der Waals surface area (Å²) in [5.74, 6) is -0.0665. The minimum absolute atomic E-state index is 0.0440. The van der Waals surface area contributed by atoms with Gasteiger partial charge in [0, 0.05) is 23.4 Å². The second-order valence-electron chi connectivity index (χ2n) is 4.11. The summed E-state index contributed by atoms with van der Waals surface area (Å²) in [5, 5.41) is 10.9. The topological polar surface area (TPSA) is 40.5 Å². The van der Waals surface area contributed by atoms with Gasteiger partial charge in [-0.15, -0.1) is 24.0 Å². The molecule has 1 amide bonds.